The molecule has 0 bridgehead atoms. The van der Waals surface area contributed by atoms with Gasteiger partial charge in [-0.2, -0.15) is 0 Å². The summed E-state index contributed by atoms with van der Waals surface area (Å²) >= 11 is 3.23. The Kier molecular flexibility index (Phi) is 4.97. The molecule has 2 rings (SSSR count). The molecule has 0 aliphatic heterocycles. The van der Waals surface area contributed by atoms with Crippen LogP contribution in [0.15, 0.2) is 22.7 Å². The first-order valence-corrected chi connectivity index (χ1v) is 7.63. The van der Waals surface area contributed by atoms with Gasteiger partial charge in [-0.1, -0.05) is 25.3 Å². The van der Waals surface area contributed by atoms with Gasteiger partial charge in [0.1, 0.15) is 5.82 Å². The van der Waals surface area contributed by atoms with Gasteiger partial charge in [-0.15, -0.1) is 0 Å². The molecule has 1 aliphatic carbocycles. The summed E-state index contributed by atoms with van der Waals surface area (Å²) < 4.78 is 14.2. The minimum absolute atomic E-state index is 0.0966. The van der Waals surface area contributed by atoms with Gasteiger partial charge >= 0.3 is 0 Å². The summed E-state index contributed by atoms with van der Waals surface area (Å²) in [4.78, 5) is 12.2. The van der Waals surface area contributed by atoms with Crippen molar-refractivity contribution in [1.29, 1.82) is 0 Å². The van der Waals surface area contributed by atoms with Gasteiger partial charge < -0.3 is 5.32 Å². The van der Waals surface area contributed by atoms with E-state index in [2.05, 4.69) is 21.2 Å². The van der Waals surface area contributed by atoms with Crippen LogP contribution in [0.25, 0.3) is 0 Å². The van der Waals surface area contributed by atoms with Crippen molar-refractivity contribution in [2.45, 2.75) is 45.1 Å². The Morgan fingerprint density at radius 1 is 1.37 bits per heavy atom. The third-order valence-corrected chi connectivity index (χ3v) is 4.57. The van der Waals surface area contributed by atoms with Crippen molar-refractivity contribution in [2.24, 2.45) is 5.92 Å². The maximum atomic E-state index is 13.7. The van der Waals surface area contributed by atoms with Crippen molar-refractivity contribution < 1.29 is 9.18 Å². The maximum absolute atomic E-state index is 13.7. The standard InChI is InChI=1S/C15H19BrFNO/c1-10(11-6-3-2-4-7-11)18-15(19)14-12(16)8-5-9-13(14)17/h5,8-11H,2-4,6-7H2,1H3,(H,18,19). The number of nitrogens with one attached hydrogen (secondary N) is 1. The highest BCUT2D eigenvalue weighted by atomic mass is 79.9. The zero-order valence-electron chi connectivity index (χ0n) is 11.1. The largest absolute Gasteiger partial charge is 0.349 e. The van der Waals surface area contributed by atoms with E-state index < -0.39 is 5.82 Å². The molecule has 0 radical (unpaired) electrons. The van der Waals surface area contributed by atoms with E-state index in [9.17, 15) is 9.18 Å². The van der Waals surface area contributed by atoms with Gasteiger partial charge in [0.15, 0.2) is 0 Å². The van der Waals surface area contributed by atoms with E-state index in [1.807, 2.05) is 6.92 Å². The normalized spacial score (nSPS) is 18.1. The predicted octanol–water partition coefficient (Wildman–Crippen LogP) is 4.29. The Labute approximate surface area is 121 Å². The molecule has 19 heavy (non-hydrogen) atoms. The third-order valence-electron chi connectivity index (χ3n) is 3.91. The summed E-state index contributed by atoms with van der Waals surface area (Å²) in [7, 11) is 0. The number of hydrogen-bond acceptors (Lipinski definition) is 1. The van der Waals surface area contributed by atoms with Gasteiger partial charge in [-0.05, 0) is 53.7 Å². The second-order valence-electron chi connectivity index (χ2n) is 5.26. The van der Waals surface area contributed by atoms with Gasteiger partial charge in [-0.3, -0.25) is 4.79 Å². The van der Waals surface area contributed by atoms with E-state index in [4.69, 9.17) is 0 Å². The Hall–Kier alpha value is -0.900. The smallest absolute Gasteiger partial charge is 0.255 e. The van der Waals surface area contributed by atoms with Crippen molar-refractivity contribution in [2.75, 3.05) is 0 Å². The Morgan fingerprint density at radius 3 is 2.68 bits per heavy atom. The van der Waals surface area contributed by atoms with Crippen LogP contribution in [0.1, 0.15) is 49.4 Å². The zero-order chi connectivity index (χ0) is 13.8. The molecule has 1 N–H and O–H groups in total. The molecule has 1 unspecified atom stereocenters. The number of benzene rings is 1. The highest BCUT2D eigenvalue weighted by Crippen LogP contribution is 2.27. The van der Waals surface area contributed by atoms with Crippen LogP contribution in [0.3, 0.4) is 0 Å². The second-order valence-corrected chi connectivity index (χ2v) is 6.11. The molecular formula is C15H19BrFNO. The number of carbonyl (C=O) groups is 1. The number of carbonyl (C=O) groups excluding carboxylic acids is 1. The molecule has 0 aromatic heterocycles. The second kappa shape index (κ2) is 6.51. The molecule has 1 aliphatic rings. The lowest BCUT2D eigenvalue weighted by Crippen LogP contribution is -2.39. The fourth-order valence-electron chi connectivity index (χ4n) is 2.75. The molecule has 0 saturated heterocycles. The van der Waals surface area contributed by atoms with Gasteiger partial charge in [0.2, 0.25) is 0 Å². The van der Waals surface area contributed by atoms with E-state index in [0.717, 1.165) is 12.8 Å². The van der Waals surface area contributed by atoms with Gasteiger partial charge in [0, 0.05) is 10.5 Å². The molecule has 1 amide bonds. The monoisotopic (exact) mass is 327 g/mol. The van der Waals surface area contributed by atoms with Crippen molar-refractivity contribution in [1.82, 2.24) is 5.32 Å². The molecule has 1 aromatic carbocycles. The molecular weight excluding hydrogens is 309 g/mol. The summed E-state index contributed by atoms with van der Waals surface area (Å²) in [5.74, 6) is -0.297. The van der Waals surface area contributed by atoms with Crippen LogP contribution in [0.2, 0.25) is 0 Å². The van der Waals surface area contributed by atoms with Crippen molar-refractivity contribution in [3.8, 4) is 0 Å². The Balaban J connectivity index is 2.04. The minimum atomic E-state index is -0.484. The van der Waals surface area contributed by atoms with Crippen LogP contribution in [-0.2, 0) is 0 Å². The van der Waals surface area contributed by atoms with Crippen LogP contribution in [-0.4, -0.2) is 11.9 Å². The summed E-state index contributed by atoms with van der Waals surface area (Å²) in [6.45, 7) is 2.02. The molecule has 1 saturated carbocycles. The average molecular weight is 328 g/mol. The van der Waals surface area contributed by atoms with Crippen LogP contribution >= 0.6 is 15.9 Å². The topological polar surface area (TPSA) is 29.1 Å². The quantitative estimate of drug-likeness (QED) is 0.881. The fraction of sp³-hybridized carbons (Fsp3) is 0.533. The molecule has 0 heterocycles. The van der Waals surface area contributed by atoms with Crippen molar-refractivity contribution in [3.05, 3.63) is 34.1 Å². The van der Waals surface area contributed by atoms with Crippen LogP contribution < -0.4 is 5.32 Å². The van der Waals surface area contributed by atoms with Crippen molar-refractivity contribution in [3.63, 3.8) is 0 Å². The molecule has 2 nitrogen and oxygen atoms in total. The van der Waals surface area contributed by atoms with Crippen LogP contribution in [0.5, 0.6) is 0 Å². The first kappa shape index (κ1) is 14.5. The summed E-state index contributed by atoms with van der Waals surface area (Å²) in [6.07, 6.45) is 6.05. The number of rotatable bonds is 3. The fourth-order valence-corrected chi connectivity index (χ4v) is 3.27. The Morgan fingerprint density at radius 2 is 2.05 bits per heavy atom. The average Bonchev–Trinajstić information content (AvgIpc) is 2.39. The van der Waals surface area contributed by atoms with Gasteiger partial charge in [-0.25, -0.2) is 4.39 Å². The van der Waals surface area contributed by atoms with E-state index in [0.29, 0.717) is 10.4 Å². The lowest BCUT2D eigenvalue weighted by Gasteiger charge is -2.28. The third kappa shape index (κ3) is 3.56. The highest BCUT2D eigenvalue weighted by Gasteiger charge is 2.23. The molecule has 104 valence electrons. The number of amides is 1. The summed E-state index contributed by atoms with van der Waals surface area (Å²) in [5.41, 5.74) is 0.102. The highest BCUT2D eigenvalue weighted by molar-refractivity contribution is 9.10. The first-order valence-electron chi connectivity index (χ1n) is 6.84. The lowest BCUT2D eigenvalue weighted by atomic mass is 9.84. The molecule has 1 fully saturated rings. The van der Waals surface area contributed by atoms with Crippen LogP contribution in [0.4, 0.5) is 4.39 Å². The van der Waals surface area contributed by atoms with E-state index >= 15 is 0 Å². The molecule has 1 aromatic rings. The van der Waals surface area contributed by atoms with Gasteiger partial charge in [0.05, 0.1) is 5.56 Å². The molecule has 4 heteroatoms. The van der Waals surface area contributed by atoms with E-state index in [1.165, 1.54) is 25.3 Å². The predicted molar refractivity (Wildman–Crippen MR) is 77.6 cm³/mol. The summed E-state index contributed by atoms with van der Waals surface area (Å²) in [6, 6.07) is 4.67. The van der Waals surface area contributed by atoms with Gasteiger partial charge in [0.25, 0.3) is 5.91 Å². The van der Waals surface area contributed by atoms with Crippen LogP contribution in [0, 0.1) is 11.7 Å². The zero-order valence-corrected chi connectivity index (χ0v) is 12.7. The van der Waals surface area contributed by atoms with E-state index in [1.54, 1.807) is 12.1 Å². The first-order chi connectivity index (χ1) is 9.09. The maximum Gasteiger partial charge on any atom is 0.255 e. The molecule has 1 atom stereocenters. The SMILES string of the molecule is CC(NC(=O)c1c(F)cccc1Br)C1CCCCC1. The lowest BCUT2D eigenvalue weighted by molar-refractivity contribution is 0.0914. The minimum Gasteiger partial charge on any atom is -0.349 e. The van der Waals surface area contributed by atoms with Crippen molar-refractivity contribution >= 4 is 21.8 Å². The number of hydrogen-bond donors (Lipinski definition) is 1. The Bertz CT molecular complexity index is 437. The summed E-state index contributed by atoms with van der Waals surface area (Å²) in [5, 5.41) is 2.94. The molecule has 0 spiro atoms. The van der Waals surface area contributed by atoms with E-state index in [-0.39, 0.29) is 17.5 Å². The number of halogens is 2.